The highest BCUT2D eigenvalue weighted by Gasteiger charge is 2.33. The van der Waals surface area contributed by atoms with Gasteiger partial charge >= 0.3 is 6.36 Å². The minimum Gasteiger partial charge on any atom is -0.406 e. The third-order valence-electron chi connectivity index (χ3n) is 5.00. The zero-order valence-corrected chi connectivity index (χ0v) is 16.7. The van der Waals surface area contributed by atoms with E-state index in [2.05, 4.69) is 11.3 Å². The molecule has 6 heteroatoms. The molecule has 3 nitrogen and oxygen atoms in total. The Morgan fingerprint density at radius 1 is 1.29 bits per heavy atom. The number of benzene rings is 1. The molecule has 1 aliphatic carbocycles. The van der Waals surface area contributed by atoms with Crippen molar-refractivity contribution in [2.75, 3.05) is 0 Å². The topological polar surface area (TPSA) is 46.5 Å². The predicted molar refractivity (Wildman–Crippen MR) is 104 cm³/mol. The lowest BCUT2D eigenvalue weighted by Crippen LogP contribution is -2.35. The summed E-state index contributed by atoms with van der Waals surface area (Å²) < 4.78 is 39.0. The Balaban J connectivity index is 0.000000280. The zero-order chi connectivity index (χ0) is 21.2. The number of hydrogen-bond acceptors (Lipinski definition) is 3. The van der Waals surface area contributed by atoms with Crippen molar-refractivity contribution >= 4 is 5.78 Å². The van der Waals surface area contributed by atoms with Crippen LogP contribution < -0.4 is 4.74 Å². The summed E-state index contributed by atoms with van der Waals surface area (Å²) in [6.45, 7) is 7.32. The second kappa shape index (κ2) is 11.2. The summed E-state index contributed by atoms with van der Waals surface area (Å²) in [5, 5.41) is 10.1. The number of alkyl halides is 3. The monoisotopic (exact) mass is 400 g/mol. The largest absolute Gasteiger partial charge is 0.573 e. The Morgan fingerprint density at radius 3 is 2.29 bits per heavy atom. The average Bonchev–Trinajstić information content (AvgIpc) is 2.62. The van der Waals surface area contributed by atoms with Crippen LogP contribution in [0.2, 0.25) is 0 Å². The highest BCUT2D eigenvalue weighted by atomic mass is 19.4. The third kappa shape index (κ3) is 9.40. The van der Waals surface area contributed by atoms with Gasteiger partial charge in [0.05, 0.1) is 5.60 Å². The van der Waals surface area contributed by atoms with E-state index in [0.717, 1.165) is 56.9 Å². The van der Waals surface area contributed by atoms with Crippen molar-refractivity contribution in [3.63, 3.8) is 0 Å². The van der Waals surface area contributed by atoms with Gasteiger partial charge in [-0.2, -0.15) is 0 Å². The van der Waals surface area contributed by atoms with Crippen LogP contribution in [0.3, 0.4) is 0 Å². The maximum Gasteiger partial charge on any atom is 0.573 e. The van der Waals surface area contributed by atoms with Gasteiger partial charge < -0.3 is 9.84 Å². The number of Topliss-reactive ketones (excluding diaryl/α,β-unsaturated/α-hetero) is 1. The van der Waals surface area contributed by atoms with Crippen LogP contribution in [-0.4, -0.2) is 22.9 Å². The molecule has 0 unspecified atom stereocenters. The number of hydrogen-bond donors (Lipinski definition) is 1. The average molecular weight is 400 g/mol. The predicted octanol–water partition coefficient (Wildman–Crippen LogP) is 6.00. The van der Waals surface area contributed by atoms with E-state index in [0.29, 0.717) is 0 Å². The summed E-state index contributed by atoms with van der Waals surface area (Å²) in [4.78, 5) is 11.1. The summed E-state index contributed by atoms with van der Waals surface area (Å²) in [5.41, 5.74) is 0.488. The van der Waals surface area contributed by atoms with Gasteiger partial charge in [-0.05, 0) is 69.6 Å². The van der Waals surface area contributed by atoms with Crippen LogP contribution in [0.5, 0.6) is 5.75 Å². The lowest BCUT2D eigenvalue weighted by Gasteiger charge is -2.35. The molecule has 0 radical (unpaired) electrons. The molecule has 0 aliphatic heterocycles. The minimum absolute atomic E-state index is 0.169. The molecule has 158 valence electrons. The fourth-order valence-electron chi connectivity index (χ4n) is 3.33. The fraction of sp³-hybridized carbons (Fsp3) is 0.591. The first-order chi connectivity index (χ1) is 13.1. The van der Waals surface area contributed by atoms with E-state index in [1.54, 1.807) is 19.1 Å². The molecule has 28 heavy (non-hydrogen) atoms. The van der Waals surface area contributed by atoms with Crippen LogP contribution in [0.1, 0.15) is 64.4 Å². The number of rotatable bonds is 7. The van der Waals surface area contributed by atoms with Gasteiger partial charge in [-0.15, -0.1) is 19.8 Å². The molecule has 0 heterocycles. The van der Waals surface area contributed by atoms with Crippen molar-refractivity contribution in [3.05, 3.63) is 42.5 Å². The van der Waals surface area contributed by atoms with Gasteiger partial charge in [-0.1, -0.05) is 31.6 Å². The van der Waals surface area contributed by atoms with Gasteiger partial charge in [-0.25, -0.2) is 0 Å². The van der Waals surface area contributed by atoms with Crippen LogP contribution in [0.15, 0.2) is 36.9 Å². The van der Waals surface area contributed by atoms with E-state index in [9.17, 15) is 23.1 Å². The molecule has 0 aromatic heterocycles. The van der Waals surface area contributed by atoms with Crippen molar-refractivity contribution in [3.8, 4) is 5.75 Å². The lowest BCUT2D eigenvalue weighted by molar-refractivity contribution is -0.274. The highest BCUT2D eigenvalue weighted by molar-refractivity contribution is 5.78. The molecular weight excluding hydrogens is 369 g/mol. The number of ether oxygens (including phenoxy) is 1. The maximum absolute atomic E-state index is 11.8. The van der Waals surface area contributed by atoms with Gasteiger partial charge in [-0.3, -0.25) is 4.79 Å². The first-order valence-electron chi connectivity index (χ1n) is 9.77. The second-order valence-electron chi connectivity index (χ2n) is 7.38. The van der Waals surface area contributed by atoms with Crippen LogP contribution in [-0.2, 0) is 11.2 Å². The Morgan fingerprint density at radius 2 is 1.86 bits per heavy atom. The van der Waals surface area contributed by atoms with Gasteiger partial charge in [0.15, 0.2) is 0 Å². The second-order valence-corrected chi connectivity index (χ2v) is 7.38. The summed E-state index contributed by atoms with van der Waals surface area (Å²) in [7, 11) is 0. The molecule has 0 atom stereocenters. The van der Waals surface area contributed by atoms with Crippen molar-refractivity contribution in [2.24, 2.45) is 5.92 Å². The standard InChI is InChI=1S/C12H20O2.C10H11F3O/c1-3-4-7-12(14)8-5-11(6-9-12)10(2)13;1-2-3-8-4-6-9(7-5-8)14-10(11,12)13/h3,11,14H,1,4-9H2,2H3;4-7H,2-3H2,1H3. The molecule has 2 rings (SSSR count). The molecule has 1 N–H and O–H groups in total. The first-order valence-corrected chi connectivity index (χ1v) is 9.77. The molecule has 0 bridgehead atoms. The molecule has 0 amide bonds. The molecule has 1 fully saturated rings. The number of aryl methyl sites for hydroxylation is 1. The van der Waals surface area contributed by atoms with E-state index in [4.69, 9.17) is 0 Å². The highest BCUT2D eigenvalue weighted by Crippen LogP contribution is 2.35. The van der Waals surface area contributed by atoms with E-state index in [1.165, 1.54) is 12.1 Å². The summed E-state index contributed by atoms with van der Waals surface area (Å²) in [6, 6.07) is 5.95. The molecule has 1 saturated carbocycles. The Kier molecular flexibility index (Phi) is 9.73. The summed E-state index contributed by atoms with van der Waals surface area (Å²) >= 11 is 0. The number of allylic oxidation sites excluding steroid dienone is 1. The van der Waals surface area contributed by atoms with Gasteiger partial charge in [0.1, 0.15) is 11.5 Å². The first kappa shape index (κ1) is 24.2. The number of carbonyl (C=O) groups excluding carboxylic acids is 1. The lowest BCUT2D eigenvalue weighted by atomic mass is 9.75. The normalized spacial score (nSPS) is 22.0. The van der Waals surface area contributed by atoms with Crippen LogP contribution >= 0.6 is 0 Å². The Labute approximate surface area is 165 Å². The Bertz CT molecular complexity index is 600. The number of carbonyl (C=O) groups is 1. The van der Waals surface area contributed by atoms with E-state index in [1.807, 2.05) is 13.0 Å². The molecular formula is C22H31F3O3. The van der Waals surface area contributed by atoms with Crippen LogP contribution in [0, 0.1) is 5.92 Å². The fourth-order valence-corrected chi connectivity index (χ4v) is 3.33. The number of halogens is 3. The van der Waals surface area contributed by atoms with E-state index < -0.39 is 12.0 Å². The van der Waals surface area contributed by atoms with Crippen molar-refractivity contribution in [1.29, 1.82) is 0 Å². The van der Waals surface area contributed by atoms with E-state index >= 15 is 0 Å². The zero-order valence-electron chi connectivity index (χ0n) is 16.7. The summed E-state index contributed by atoms with van der Waals surface area (Å²) in [6.07, 6.45) is 3.97. The van der Waals surface area contributed by atoms with E-state index in [-0.39, 0.29) is 17.5 Å². The van der Waals surface area contributed by atoms with Gasteiger partial charge in [0.2, 0.25) is 0 Å². The van der Waals surface area contributed by atoms with Crippen molar-refractivity contribution in [2.45, 2.75) is 77.2 Å². The quantitative estimate of drug-likeness (QED) is 0.571. The van der Waals surface area contributed by atoms with Gasteiger partial charge in [0.25, 0.3) is 0 Å². The Hall–Kier alpha value is -1.82. The van der Waals surface area contributed by atoms with Crippen LogP contribution in [0.25, 0.3) is 0 Å². The SMILES string of the molecule is C=CCCC1(O)CCC(C(C)=O)CC1.CCCc1ccc(OC(F)(F)F)cc1. The molecule has 0 saturated heterocycles. The van der Waals surface area contributed by atoms with Gasteiger partial charge in [0, 0.05) is 5.92 Å². The number of aliphatic hydroxyl groups is 1. The maximum atomic E-state index is 11.8. The molecule has 0 spiro atoms. The molecule has 1 aromatic carbocycles. The number of ketones is 1. The smallest absolute Gasteiger partial charge is 0.406 e. The molecule has 1 aromatic rings. The summed E-state index contributed by atoms with van der Waals surface area (Å²) in [5.74, 6) is 0.298. The third-order valence-corrected chi connectivity index (χ3v) is 5.00. The molecule has 1 aliphatic rings. The van der Waals surface area contributed by atoms with Crippen LogP contribution in [0.4, 0.5) is 13.2 Å². The van der Waals surface area contributed by atoms with Crippen molar-refractivity contribution < 1.29 is 27.8 Å². The minimum atomic E-state index is -4.60. The van der Waals surface area contributed by atoms with Crippen molar-refractivity contribution in [1.82, 2.24) is 0 Å².